The van der Waals surface area contributed by atoms with Gasteiger partial charge in [0.15, 0.2) is 0 Å². The minimum Gasteiger partial charge on any atom is -0.403 e. The second kappa shape index (κ2) is 7.66. The molecule has 0 saturated heterocycles. The Bertz CT molecular complexity index is 1030. The van der Waals surface area contributed by atoms with Crippen molar-refractivity contribution in [1.82, 2.24) is 10.2 Å². The van der Waals surface area contributed by atoms with Crippen molar-refractivity contribution in [2.75, 3.05) is 5.32 Å². The maximum atomic E-state index is 12.4. The lowest BCUT2D eigenvalue weighted by molar-refractivity contribution is 0.102. The third kappa shape index (κ3) is 4.10. The Labute approximate surface area is 156 Å². The highest BCUT2D eigenvalue weighted by molar-refractivity contribution is 6.03. The molecule has 0 spiro atoms. The Hall–Kier alpha value is -3.73. The molecule has 0 saturated carbocycles. The zero-order chi connectivity index (χ0) is 18.5. The molecule has 1 aromatic heterocycles. The molecule has 1 heterocycles. The van der Waals surface area contributed by atoms with Gasteiger partial charge in [-0.2, -0.15) is 0 Å². The van der Waals surface area contributed by atoms with E-state index < -0.39 is 0 Å². The molecule has 0 radical (unpaired) electrons. The number of anilines is 1. The average molecular weight is 355 g/mol. The number of rotatable bonds is 5. The first-order chi connectivity index (χ1) is 13.3. The first kappa shape index (κ1) is 16.7. The highest BCUT2D eigenvalue weighted by atomic mass is 16.4. The van der Waals surface area contributed by atoms with E-state index in [1.807, 2.05) is 60.7 Å². The smallest absolute Gasteiger partial charge is 0.322 e. The lowest BCUT2D eigenvalue weighted by Crippen LogP contribution is -2.12. The molecule has 5 nitrogen and oxygen atoms in total. The van der Waals surface area contributed by atoms with Crippen molar-refractivity contribution in [3.63, 3.8) is 0 Å². The molecule has 132 valence electrons. The normalized spacial score (nSPS) is 10.5. The lowest BCUT2D eigenvalue weighted by Gasteiger charge is -2.04. The van der Waals surface area contributed by atoms with Gasteiger partial charge >= 0.3 is 6.01 Å². The second-order valence-corrected chi connectivity index (χ2v) is 6.09. The summed E-state index contributed by atoms with van der Waals surface area (Å²) in [6.07, 6.45) is 0.826. The van der Waals surface area contributed by atoms with Crippen molar-refractivity contribution in [2.24, 2.45) is 0 Å². The van der Waals surface area contributed by atoms with Gasteiger partial charge in [-0.15, -0.1) is 5.10 Å². The topological polar surface area (TPSA) is 68.0 Å². The molecule has 0 bridgehead atoms. The van der Waals surface area contributed by atoms with Crippen LogP contribution in [0.15, 0.2) is 89.3 Å². The molecular formula is C22H17N3O2. The van der Waals surface area contributed by atoms with Crippen LogP contribution in [0.3, 0.4) is 0 Å². The Kier molecular flexibility index (Phi) is 4.74. The SMILES string of the molecule is O=C(Nc1nnc(-c2ccccc2)o1)c1ccc(Cc2ccccc2)cc1. The van der Waals surface area contributed by atoms with Gasteiger partial charge in [0.25, 0.3) is 5.91 Å². The van der Waals surface area contributed by atoms with Crippen molar-refractivity contribution >= 4 is 11.9 Å². The predicted octanol–water partition coefficient (Wildman–Crippen LogP) is 4.58. The largest absolute Gasteiger partial charge is 0.403 e. The Morgan fingerprint density at radius 1 is 0.778 bits per heavy atom. The van der Waals surface area contributed by atoms with E-state index in [-0.39, 0.29) is 11.9 Å². The number of benzene rings is 3. The van der Waals surface area contributed by atoms with E-state index in [1.165, 1.54) is 5.56 Å². The summed E-state index contributed by atoms with van der Waals surface area (Å²) in [5.41, 5.74) is 3.71. The zero-order valence-corrected chi connectivity index (χ0v) is 14.5. The van der Waals surface area contributed by atoms with Gasteiger partial charge in [0, 0.05) is 11.1 Å². The number of hydrogen-bond donors (Lipinski definition) is 1. The second-order valence-electron chi connectivity index (χ2n) is 6.09. The fraction of sp³-hybridized carbons (Fsp3) is 0.0455. The van der Waals surface area contributed by atoms with Crippen LogP contribution in [-0.2, 0) is 6.42 Å². The van der Waals surface area contributed by atoms with Gasteiger partial charge in [0.05, 0.1) is 0 Å². The Balaban J connectivity index is 1.42. The van der Waals surface area contributed by atoms with Gasteiger partial charge in [0.2, 0.25) is 5.89 Å². The van der Waals surface area contributed by atoms with Crippen LogP contribution in [0.25, 0.3) is 11.5 Å². The van der Waals surface area contributed by atoms with Crippen LogP contribution in [0.4, 0.5) is 6.01 Å². The quantitative estimate of drug-likeness (QED) is 0.569. The molecule has 0 aliphatic carbocycles. The average Bonchev–Trinajstić information content (AvgIpc) is 3.18. The van der Waals surface area contributed by atoms with E-state index in [2.05, 4.69) is 27.6 Å². The van der Waals surface area contributed by atoms with Crippen molar-refractivity contribution in [1.29, 1.82) is 0 Å². The predicted molar refractivity (Wildman–Crippen MR) is 103 cm³/mol. The molecule has 4 aromatic rings. The summed E-state index contributed by atoms with van der Waals surface area (Å²) < 4.78 is 5.51. The van der Waals surface area contributed by atoms with Crippen LogP contribution in [0.1, 0.15) is 21.5 Å². The van der Waals surface area contributed by atoms with Gasteiger partial charge in [-0.05, 0) is 41.8 Å². The molecule has 1 amide bonds. The summed E-state index contributed by atoms with van der Waals surface area (Å²) in [5.74, 6) is 0.0774. The number of carbonyl (C=O) groups excluding carboxylic acids is 1. The Morgan fingerprint density at radius 2 is 1.41 bits per heavy atom. The van der Waals surface area contributed by atoms with Gasteiger partial charge < -0.3 is 4.42 Å². The van der Waals surface area contributed by atoms with Crippen molar-refractivity contribution < 1.29 is 9.21 Å². The summed E-state index contributed by atoms with van der Waals surface area (Å²) in [6.45, 7) is 0. The minimum absolute atomic E-state index is 0.0761. The molecule has 3 aromatic carbocycles. The first-order valence-electron chi connectivity index (χ1n) is 8.61. The van der Waals surface area contributed by atoms with Crippen LogP contribution in [0.5, 0.6) is 0 Å². The molecule has 27 heavy (non-hydrogen) atoms. The molecular weight excluding hydrogens is 338 g/mol. The summed E-state index contributed by atoms with van der Waals surface area (Å²) >= 11 is 0. The zero-order valence-electron chi connectivity index (χ0n) is 14.5. The van der Waals surface area contributed by atoms with Gasteiger partial charge in [-0.1, -0.05) is 65.8 Å². The van der Waals surface area contributed by atoms with E-state index in [4.69, 9.17) is 4.42 Å². The molecule has 4 rings (SSSR count). The maximum Gasteiger partial charge on any atom is 0.322 e. The van der Waals surface area contributed by atoms with Gasteiger partial charge in [-0.3, -0.25) is 10.1 Å². The maximum absolute atomic E-state index is 12.4. The summed E-state index contributed by atoms with van der Waals surface area (Å²) in [7, 11) is 0. The van der Waals surface area contributed by atoms with Crippen LogP contribution in [0, 0.1) is 0 Å². The molecule has 0 unspecified atom stereocenters. The standard InChI is InChI=1S/C22H17N3O2/c26-20(23-22-25-24-21(27-22)19-9-5-2-6-10-19)18-13-11-17(12-14-18)15-16-7-3-1-4-8-16/h1-14H,15H2,(H,23,25,26). The summed E-state index contributed by atoms with van der Waals surface area (Å²) in [6, 6.07) is 27.2. The summed E-state index contributed by atoms with van der Waals surface area (Å²) in [4.78, 5) is 12.4. The lowest BCUT2D eigenvalue weighted by atomic mass is 10.0. The Morgan fingerprint density at radius 3 is 2.11 bits per heavy atom. The van der Waals surface area contributed by atoms with Gasteiger partial charge in [0.1, 0.15) is 0 Å². The van der Waals surface area contributed by atoms with Crippen molar-refractivity contribution in [3.8, 4) is 11.5 Å². The van der Waals surface area contributed by atoms with Crippen LogP contribution in [0.2, 0.25) is 0 Å². The van der Waals surface area contributed by atoms with Crippen LogP contribution >= 0.6 is 0 Å². The fourth-order valence-corrected chi connectivity index (χ4v) is 2.75. The molecule has 0 atom stereocenters. The van der Waals surface area contributed by atoms with Crippen molar-refractivity contribution in [3.05, 3.63) is 102 Å². The van der Waals surface area contributed by atoms with Crippen LogP contribution < -0.4 is 5.32 Å². The number of nitrogens with one attached hydrogen (secondary N) is 1. The number of aromatic nitrogens is 2. The molecule has 0 aliphatic heterocycles. The number of hydrogen-bond acceptors (Lipinski definition) is 4. The van der Waals surface area contributed by atoms with Gasteiger partial charge in [-0.25, -0.2) is 0 Å². The molecule has 1 N–H and O–H groups in total. The fourth-order valence-electron chi connectivity index (χ4n) is 2.75. The molecule has 5 heteroatoms. The van der Waals surface area contributed by atoms with E-state index in [9.17, 15) is 4.79 Å². The number of amides is 1. The van der Waals surface area contributed by atoms with Crippen molar-refractivity contribution in [2.45, 2.75) is 6.42 Å². The minimum atomic E-state index is -0.287. The van der Waals surface area contributed by atoms with E-state index in [0.717, 1.165) is 17.5 Å². The first-order valence-corrected chi connectivity index (χ1v) is 8.61. The number of carbonyl (C=O) groups is 1. The summed E-state index contributed by atoms with van der Waals surface area (Å²) in [5, 5.41) is 10.5. The van der Waals surface area contributed by atoms with E-state index in [1.54, 1.807) is 12.1 Å². The van der Waals surface area contributed by atoms with E-state index >= 15 is 0 Å². The highest BCUT2D eigenvalue weighted by Gasteiger charge is 2.12. The third-order valence-corrected chi connectivity index (χ3v) is 4.13. The number of nitrogens with zero attached hydrogens (tertiary/aromatic N) is 2. The molecule has 0 aliphatic rings. The monoisotopic (exact) mass is 355 g/mol. The van der Waals surface area contributed by atoms with Crippen LogP contribution in [-0.4, -0.2) is 16.1 Å². The third-order valence-electron chi connectivity index (χ3n) is 4.13. The molecule has 0 fully saturated rings. The van der Waals surface area contributed by atoms with E-state index in [0.29, 0.717) is 11.5 Å². The highest BCUT2D eigenvalue weighted by Crippen LogP contribution is 2.19.